The zero-order chi connectivity index (χ0) is 44.4. The van der Waals surface area contributed by atoms with Gasteiger partial charge in [0.2, 0.25) is 0 Å². The summed E-state index contributed by atoms with van der Waals surface area (Å²) in [6.07, 6.45) is 41.5. The van der Waals surface area contributed by atoms with Crippen molar-refractivity contribution in [1.82, 2.24) is 0 Å². The van der Waals surface area contributed by atoms with Crippen molar-refractivity contribution in [2.75, 3.05) is 26.4 Å². The molecule has 0 saturated carbocycles. The molecule has 0 bridgehead atoms. The van der Waals surface area contributed by atoms with Gasteiger partial charge >= 0.3 is 19.8 Å². The van der Waals surface area contributed by atoms with E-state index in [2.05, 4.69) is 55.7 Å². The van der Waals surface area contributed by atoms with Crippen LogP contribution in [0, 0.1) is 5.92 Å². The number of esters is 2. The van der Waals surface area contributed by atoms with Gasteiger partial charge in [0.05, 0.1) is 25.9 Å². The summed E-state index contributed by atoms with van der Waals surface area (Å²) < 4.78 is 32.7. The molecule has 0 spiro atoms. The predicted molar refractivity (Wildman–Crippen MR) is 243 cm³/mol. The van der Waals surface area contributed by atoms with E-state index in [0.29, 0.717) is 25.7 Å². The Hall–Kier alpha value is -2.11. The van der Waals surface area contributed by atoms with Crippen molar-refractivity contribution in [3.63, 3.8) is 0 Å². The number of aliphatic hydroxyl groups excluding tert-OH is 3. The molecule has 0 aromatic heterocycles. The van der Waals surface area contributed by atoms with Gasteiger partial charge in [-0.25, -0.2) is 4.57 Å². The number of allylic oxidation sites excluding steroid dienone is 7. The topological polar surface area (TPSA) is 169 Å². The molecule has 4 N–H and O–H groups in total. The quantitative estimate of drug-likeness (QED) is 0.0199. The van der Waals surface area contributed by atoms with E-state index in [0.717, 1.165) is 57.3 Å². The molecule has 12 heteroatoms. The molecule has 0 saturated heterocycles. The fraction of sp³-hybridized carbons (Fsp3) is 0.792. The number of phosphoric ester groups is 1. The van der Waals surface area contributed by atoms with Crippen LogP contribution in [0.5, 0.6) is 0 Å². The molecule has 60 heavy (non-hydrogen) atoms. The molecule has 0 fully saturated rings. The highest BCUT2D eigenvalue weighted by Crippen LogP contribution is 2.43. The van der Waals surface area contributed by atoms with Gasteiger partial charge in [-0.2, -0.15) is 0 Å². The van der Waals surface area contributed by atoms with E-state index in [-0.39, 0.29) is 25.6 Å². The Morgan fingerprint density at radius 3 is 1.55 bits per heavy atom. The van der Waals surface area contributed by atoms with Gasteiger partial charge in [-0.05, 0) is 57.3 Å². The molecule has 0 aliphatic carbocycles. The van der Waals surface area contributed by atoms with Crippen molar-refractivity contribution in [2.24, 2.45) is 5.92 Å². The molecule has 4 atom stereocenters. The van der Waals surface area contributed by atoms with Gasteiger partial charge in [0.1, 0.15) is 12.7 Å². The fourth-order valence-corrected chi connectivity index (χ4v) is 7.15. The van der Waals surface area contributed by atoms with Crippen LogP contribution in [0.4, 0.5) is 0 Å². The maximum absolute atomic E-state index is 12.6. The molecule has 0 aliphatic rings. The van der Waals surface area contributed by atoms with Crippen LogP contribution in [0.15, 0.2) is 48.6 Å². The van der Waals surface area contributed by atoms with Crippen molar-refractivity contribution in [3.05, 3.63) is 48.6 Å². The van der Waals surface area contributed by atoms with E-state index in [1.54, 1.807) is 0 Å². The maximum atomic E-state index is 12.6. The highest BCUT2D eigenvalue weighted by Gasteiger charge is 2.27. The normalized spacial score (nSPS) is 14.8. The molecular weight excluding hydrogens is 783 g/mol. The van der Waals surface area contributed by atoms with E-state index in [9.17, 15) is 29.3 Å². The number of carbonyl (C=O) groups is 2. The summed E-state index contributed by atoms with van der Waals surface area (Å²) in [5.41, 5.74) is 0. The number of hydrogen-bond donors (Lipinski definition) is 4. The monoisotopic (exact) mass is 871 g/mol. The molecule has 0 heterocycles. The lowest BCUT2D eigenvalue weighted by Gasteiger charge is -2.20. The highest BCUT2D eigenvalue weighted by atomic mass is 31.2. The van der Waals surface area contributed by atoms with E-state index in [4.69, 9.17) is 19.1 Å². The molecule has 0 rings (SSSR count). The second-order valence-electron chi connectivity index (χ2n) is 16.4. The lowest BCUT2D eigenvalue weighted by Crippen LogP contribution is -2.29. The van der Waals surface area contributed by atoms with Crippen LogP contribution in [-0.2, 0) is 32.7 Å². The van der Waals surface area contributed by atoms with E-state index < -0.39 is 51.8 Å². The van der Waals surface area contributed by atoms with Gasteiger partial charge in [0, 0.05) is 12.8 Å². The third-order valence-corrected chi connectivity index (χ3v) is 10.9. The minimum atomic E-state index is -4.64. The molecule has 0 radical (unpaired) electrons. The number of carbonyl (C=O) groups excluding carboxylic acids is 2. The van der Waals surface area contributed by atoms with Crippen LogP contribution in [0.2, 0.25) is 0 Å². The number of ether oxygens (including phenoxy) is 2. The van der Waals surface area contributed by atoms with Crippen molar-refractivity contribution in [1.29, 1.82) is 0 Å². The average Bonchev–Trinajstić information content (AvgIpc) is 3.21. The third kappa shape index (κ3) is 42.6. The number of phosphoric acid groups is 1. The molecule has 2 unspecified atom stereocenters. The van der Waals surface area contributed by atoms with Crippen LogP contribution in [0.1, 0.15) is 194 Å². The van der Waals surface area contributed by atoms with Crippen LogP contribution < -0.4 is 0 Å². The lowest BCUT2D eigenvalue weighted by atomic mass is 10.0. The molecule has 11 nitrogen and oxygen atoms in total. The first kappa shape index (κ1) is 57.9. The number of unbranched alkanes of at least 4 members (excludes halogenated alkanes) is 16. The maximum Gasteiger partial charge on any atom is 0.472 e. The van der Waals surface area contributed by atoms with Crippen LogP contribution >= 0.6 is 7.82 Å². The molecule has 0 aromatic carbocycles. The zero-order valence-electron chi connectivity index (χ0n) is 37.9. The summed E-state index contributed by atoms with van der Waals surface area (Å²) in [4.78, 5) is 35.1. The summed E-state index contributed by atoms with van der Waals surface area (Å²) in [5.74, 6) is -0.179. The van der Waals surface area contributed by atoms with Crippen molar-refractivity contribution in [2.45, 2.75) is 212 Å². The molecule has 350 valence electrons. The highest BCUT2D eigenvalue weighted by molar-refractivity contribution is 7.47. The number of hydrogen-bond acceptors (Lipinski definition) is 10. The average molecular weight is 871 g/mol. The van der Waals surface area contributed by atoms with Gasteiger partial charge in [0.25, 0.3) is 0 Å². The minimum absolute atomic E-state index is 0.151. The van der Waals surface area contributed by atoms with Gasteiger partial charge in [-0.1, -0.05) is 179 Å². The second-order valence-corrected chi connectivity index (χ2v) is 17.9. The molecular formula is C48H87O11P. The van der Waals surface area contributed by atoms with Gasteiger partial charge in [0.15, 0.2) is 6.10 Å². The van der Waals surface area contributed by atoms with E-state index >= 15 is 0 Å². The molecule has 0 amide bonds. The van der Waals surface area contributed by atoms with Crippen LogP contribution in [0.3, 0.4) is 0 Å². The largest absolute Gasteiger partial charge is 0.472 e. The van der Waals surface area contributed by atoms with Crippen LogP contribution in [-0.4, -0.2) is 76.9 Å². The minimum Gasteiger partial charge on any atom is -0.462 e. The Morgan fingerprint density at radius 2 is 1.03 bits per heavy atom. The zero-order valence-corrected chi connectivity index (χ0v) is 38.8. The van der Waals surface area contributed by atoms with E-state index in [1.807, 2.05) is 18.2 Å². The summed E-state index contributed by atoms with van der Waals surface area (Å²) in [7, 11) is -4.64. The van der Waals surface area contributed by atoms with Crippen molar-refractivity contribution in [3.8, 4) is 0 Å². The number of aliphatic hydroxyl groups is 3. The lowest BCUT2D eigenvalue weighted by molar-refractivity contribution is -0.161. The number of rotatable bonds is 43. The Morgan fingerprint density at radius 1 is 0.567 bits per heavy atom. The molecule has 0 aliphatic heterocycles. The van der Waals surface area contributed by atoms with Gasteiger partial charge < -0.3 is 29.7 Å². The standard InChI is InChI=1S/C48H87O11P/c1-4-34-44(50)36-31-27-23-19-15-11-9-13-16-20-24-28-32-37-47(52)56-41-46(42-58-60(54,55)57-40-45(51)39-49)59-48(53)38-33-29-25-21-17-12-8-6-5-7-10-14-18-22-26-30-35-43(2)3/h9,13,15,19-20,24,27,31,43-46,49-51H,4-8,10-12,14,16-18,21-23,25-26,28-30,32-42H2,1-3H3,(H,54,55)/b13-9-,19-15-,24-20-,31-27-/t44?,45-,46+/m0/s1. The summed E-state index contributed by atoms with van der Waals surface area (Å²) in [5, 5.41) is 28.1. The summed E-state index contributed by atoms with van der Waals surface area (Å²) in [6.45, 7) is 4.47. The Balaban J connectivity index is 4.33. The SMILES string of the molecule is CCCC(O)C/C=C\C/C=C\C/C=C\C/C=C\CCCC(=O)OC[C@H](COP(=O)(O)OC[C@@H](O)CO)OC(=O)CCCCCCCCCCCCCCCCCCC(C)C. The fourth-order valence-electron chi connectivity index (χ4n) is 6.36. The molecule has 0 aromatic rings. The predicted octanol–water partition coefficient (Wildman–Crippen LogP) is 11.7. The second kappa shape index (κ2) is 42.2. The van der Waals surface area contributed by atoms with Crippen molar-refractivity contribution < 1.29 is 52.9 Å². The first-order valence-electron chi connectivity index (χ1n) is 23.5. The Labute approximate surface area is 365 Å². The van der Waals surface area contributed by atoms with Crippen LogP contribution in [0.25, 0.3) is 0 Å². The van der Waals surface area contributed by atoms with Gasteiger partial charge in [-0.3, -0.25) is 18.6 Å². The van der Waals surface area contributed by atoms with Crippen molar-refractivity contribution >= 4 is 19.8 Å². The summed E-state index contributed by atoms with van der Waals surface area (Å²) >= 11 is 0. The Kier molecular flexibility index (Phi) is 40.7. The summed E-state index contributed by atoms with van der Waals surface area (Å²) in [6, 6.07) is 0. The first-order chi connectivity index (χ1) is 29.0. The smallest absolute Gasteiger partial charge is 0.462 e. The van der Waals surface area contributed by atoms with Gasteiger partial charge in [-0.15, -0.1) is 0 Å². The third-order valence-electron chi connectivity index (χ3n) is 9.97. The van der Waals surface area contributed by atoms with E-state index in [1.165, 1.54) is 83.5 Å². The first-order valence-corrected chi connectivity index (χ1v) is 25.0. The Bertz CT molecular complexity index is 1170.